The van der Waals surface area contributed by atoms with E-state index in [-0.39, 0.29) is 6.29 Å². The third-order valence-electron chi connectivity index (χ3n) is 2.91. The van der Waals surface area contributed by atoms with E-state index in [0.717, 1.165) is 38.6 Å². The molecule has 0 saturated carbocycles. The summed E-state index contributed by atoms with van der Waals surface area (Å²) in [5.74, 6) is 0. The molecule has 0 aromatic carbocycles. The van der Waals surface area contributed by atoms with Crippen molar-refractivity contribution in [2.75, 3.05) is 26.4 Å². The van der Waals surface area contributed by atoms with Crippen LogP contribution in [0.2, 0.25) is 0 Å². The van der Waals surface area contributed by atoms with Crippen molar-refractivity contribution in [1.29, 1.82) is 0 Å². The van der Waals surface area contributed by atoms with Gasteiger partial charge in [-0.1, -0.05) is 13.3 Å². The van der Waals surface area contributed by atoms with Gasteiger partial charge < -0.3 is 28.5 Å². The average molecular weight is 302 g/mol. The first-order chi connectivity index (χ1) is 10.3. The fourth-order valence-corrected chi connectivity index (χ4v) is 1.49. The van der Waals surface area contributed by atoms with Gasteiger partial charge in [0, 0.05) is 12.8 Å². The van der Waals surface area contributed by atoms with Gasteiger partial charge in [-0.2, -0.15) is 0 Å². The predicted molar refractivity (Wildman–Crippen MR) is 76.1 cm³/mol. The predicted octanol–water partition coefficient (Wildman–Crippen LogP) is 1.50. The SMILES string of the molecule is CCCC(OCC1CO1)OCC1CO1.O=CCCCC=O. The van der Waals surface area contributed by atoms with Crippen LogP contribution < -0.4 is 0 Å². The molecular formula is C15H26O6. The van der Waals surface area contributed by atoms with Crippen LogP contribution in [0.4, 0.5) is 0 Å². The van der Waals surface area contributed by atoms with Crippen LogP contribution in [-0.4, -0.2) is 57.5 Å². The highest BCUT2D eigenvalue weighted by atomic mass is 16.7. The van der Waals surface area contributed by atoms with E-state index in [1.165, 1.54) is 0 Å². The van der Waals surface area contributed by atoms with Crippen molar-refractivity contribution in [3.63, 3.8) is 0 Å². The molecular weight excluding hydrogens is 276 g/mol. The summed E-state index contributed by atoms with van der Waals surface area (Å²) in [7, 11) is 0. The highest BCUT2D eigenvalue weighted by Gasteiger charge is 2.27. The normalized spacial score (nSPS) is 23.7. The molecule has 2 saturated heterocycles. The van der Waals surface area contributed by atoms with E-state index in [9.17, 15) is 9.59 Å². The monoisotopic (exact) mass is 302 g/mol. The van der Waals surface area contributed by atoms with Crippen LogP contribution in [-0.2, 0) is 28.5 Å². The van der Waals surface area contributed by atoms with Gasteiger partial charge in [-0.25, -0.2) is 0 Å². The molecule has 2 aliphatic heterocycles. The van der Waals surface area contributed by atoms with E-state index in [2.05, 4.69) is 6.92 Å². The number of rotatable bonds is 12. The average Bonchev–Trinajstić information content (AvgIpc) is 3.38. The number of carbonyl (C=O) groups is 2. The minimum absolute atomic E-state index is 0.0756. The van der Waals surface area contributed by atoms with Crippen LogP contribution in [0.5, 0.6) is 0 Å². The van der Waals surface area contributed by atoms with Gasteiger partial charge in [0.15, 0.2) is 6.29 Å². The molecule has 0 spiro atoms. The van der Waals surface area contributed by atoms with Crippen LogP contribution in [0.15, 0.2) is 0 Å². The van der Waals surface area contributed by atoms with Crippen LogP contribution in [0, 0.1) is 0 Å². The molecule has 122 valence electrons. The molecule has 0 radical (unpaired) electrons. The van der Waals surface area contributed by atoms with Gasteiger partial charge in [0.05, 0.1) is 26.4 Å². The Balaban J connectivity index is 0.000000270. The second kappa shape index (κ2) is 11.8. The lowest BCUT2D eigenvalue weighted by Crippen LogP contribution is -2.21. The second-order valence-electron chi connectivity index (χ2n) is 5.06. The number of epoxide rings is 2. The van der Waals surface area contributed by atoms with Crippen LogP contribution in [0.3, 0.4) is 0 Å². The molecule has 0 bridgehead atoms. The smallest absolute Gasteiger partial charge is 0.157 e. The molecule has 2 atom stereocenters. The first-order valence-electron chi connectivity index (χ1n) is 7.63. The standard InChI is InChI=1S/C10H18O4.C5H8O2/c1-2-3-10(13-6-8-4-11-8)14-7-9-5-12-9;6-4-2-1-3-5-7/h8-10H,2-7H2,1H3;4-5H,1-3H2. The third kappa shape index (κ3) is 11.5. The molecule has 2 aliphatic rings. The van der Waals surface area contributed by atoms with Crippen molar-refractivity contribution in [2.24, 2.45) is 0 Å². The van der Waals surface area contributed by atoms with E-state index in [1.54, 1.807) is 0 Å². The van der Waals surface area contributed by atoms with Gasteiger partial charge in [0.25, 0.3) is 0 Å². The summed E-state index contributed by atoms with van der Waals surface area (Å²) in [6.07, 6.45) is 5.94. The molecule has 0 aliphatic carbocycles. The molecule has 6 nitrogen and oxygen atoms in total. The van der Waals surface area contributed by atoms with Gasteiger partial charge in [-0.3, -0.25) is 0 Å². The maximum atomic E-state index is 9.56. The number of carbonyl (C=O) groups excluding carboxylic acids is 2. The van der Waals surface area contributed by atoms with Crippen molar-refractivity contribution in [3.05, 3.63) is 0 Å². The van der Waals surface area contributed by atoms with Crippen molar-refractivity contribution < 1.29 is 28.5 Å². The van der Waals surface area contributed by atoms with E-state index >= 15 is 0 Å². The molecule has 0 amide bonds. The molecule has 2 heterocycles. The Morgan fingerprint density at radius 1 is 1.05 bits per heavy atom. The summed E-state index contributed by atoms with van der Waals surface area (Å²) in [4.78, 5) is 19.1. The number of hydrogen-bond acceptors (Lipinski definition) is 6. The first-order valence-corrected chi connectivity index (χ1v) is 7.63. The topological polar surface area (TPSA) is 77.7 Å². The third-order valence-corrected chi connectivity index (χ3v) is 2.91. The van der Waals surface area contributed by atoms with E-state index in [4.69, 9.17) is 18.9 Å². The van der Waals surface area contributed by atoms with Crippen molar-refractivity contribution in [2.45, 2.75) is 57.5 Å². The Morgan fingerprint density at radius 3 is 1.86 bits per heavy atom. The molecule has 21 heavy (non-hydrogen) atoms. The van der Waals surface area contributed by atoms with Gasteiger partial charge in [0.2, 0.25) is 0 Å². The Labute approximate surface area is 126 Å². The zero-order valence-electron chi connectivity index (χ0n) is 12.7. The maximum absolute atomic E-state index is 9.56. The quantitative estimate of drug-likeness (QED) is 0.235. The summed E-state index contributed by atoms with van der Waals surface area (Å²) in [6, 6.07) is 0. The summed E-state index contributed by atoms with van der Waals surface area (Å²) in [5.41, 5.74) is 0. The second-order valence-corrected chi connectivity index (χ2v) is 5.06. The minimum Gasteiger partial charge on any atom is -0.371 e. The summed E-state index contributed by atoms with van der Waals surface area (Å²) in [5, 5.41) is 0. The number of hydrogen-bond donors (Lipinski definition) is 0. The number of aldehydes is 2. The fraction of sp³-hybridized carbons (Fsp3) is 0.867. The highest BCUT2D eigenvalue weighted by Crippen LogP contribution is 2.15. The molecule has 0 N–H and O–H groups in total. The van der Waals surface area contributed by atoms with Crippen molar-refractivity contribution >= 4 is 12.6 Å². The first kappa shape index (κ1) is 18.2. The minimum atomic E-state index is -0.0756. The lowest BCUT2D eigenvalue weighted by atomic mass is 10.3. The molecule has 6 heteroatoms. The lowest BCUT2D eigenvalue weighted by Gasteiger charge is -2.16. The highest BCUT2D eigenvalue weighted by molar-refractivity contribution is 5.52. The molecule has 2 unspecified atom stereocenters. The Kier molecular flexibility index (Phi) is 10.2. The van der Waals surface area contributed by atoms with Crippen molar-refractivity contribution in [1.82, 2.24) is 0 Å². The zero-order valence-corrected chi connectivity index (χ0v) is 12.7. The summed E-state index contributed by atoms with van der Waals surface area (Å²) >= 11 is 0. The largest absolute Gasteiger partial charge is 0.371 e. The summed E-state index contributed by atoms with van der Waals surface area (Å²) in [6.45, 7) is 5.13. The van der Waals surface area contributed by atoms with E-state index in [0.29, 0.717) is 44.7 Å². The molecule has 2 fully saturated rings. The summed E-state index contributed by atoms with van der Waals surface area (Å²) < 4.78 is 21.3. The Bertz CT molecular complexity index is 251. The number of ether oxygens (including phenoxy) is 4. The molecule has 0 aromatic heterocycles. The fourth-order valence-electron chi connectivity index (χ4n) is 1.49. The van der Waals surface area contributed by atoms with Crippen LogP contribution in [0.25, 0.3) is 0 Å². The van der Waals surface area contributed by atoms with Crippen molar-refractivity contribution in [3.8, 4) is 0 Å². The maximum Gasteiger partial charge on any atom is 0.157 e. The Morgan fingerprint density at radius 2 is 1.52 bits per heavy atom. The van der Waals surface area contributed by atoms with Gasteiger partial charge >= 0.3 is 0 Å². The molecule has 2 rings (SSSR count). The van der Waals surface area contributed by atoms with Gasteiger partial charge in [-0.15, -0.1) is 0 Å². The Hall–Kier alpha value is -0.820. The van der Waals surface area contributed by atoms with Gasteiger partial charge in [-0.05, 0) is 12.8 Å². The lowest BCUT2D eigenvalue weighted by molar-refractivity contribution is -0.150. The van der Waals surface area contributed by atoms with E-state index in [1.807, 2.05) is 0 Å². The molecule has 0 aromatic rings. The van der Waals surface area contributed by atoms with Gasteiger partial charge in [0.1, 0.15) is 24.8 Å². The van der Waals surface area contributed by atoms with Crippen LogP contribution >= 0.6 is 0 Å². The zero-order chi connectivity index (χ0) is 15.3. The van der Waals surface area contributed by atoms with Crippen LogP contribution in [0.1, 0.15) is 39.0 Å². The van der Waals surface area contributed by atoms with E-state index < -0.39 is 0 Å². The number of unbranched alkanes of at least 4 members (excludes halogenated alkanes) is 2.